The molecule has 9 nitrogen and oxygen atoms in total. The molecular formula is C25H26FN3O6S2. The van der Waals surface area contributed by atoms with Crippen molar-refractivity contribution >= 4 is 49.8 Å². The third-order valence-corrected chi connectivity index (χ3v) is 7.94. The van der Waals surface area contributed by atoms with E-state index in [-0.39, 0.29) is 33.4 Å². The van der Waals surface area contributed by atoms with Crippen molar-refractivity contribution < 1.29 is 31.9 Å². The number of anilines is 2. The largest absolute Gasteiger partial charge is 0.462 e. The number of esters is 1. The summed E-state index contributed by atoms with van der Waals surface area (Å²) >= 11 is 0.876. The number of rotatable bonds is 10. The van der Waals surface area contributed by atoms with Gasteiger partial charge in [0.15, 0.2) is 0 Å². The molecule has 0 radical (unpaired) electrons. The molecule has 1 atom stereocenters. The first-order valence-corrected chi connectivity index (χ1v) is 13.6. The number of carbonyl (C=O) groups is 3. The van der Waals surface area contributed by atoms with Gasteiger partial charge < -0.3 is 15.4 Å². The minimum absolute atomic E-state index is 0.00894. The van der Waals surface area contributed by atoms with Gasteiger partial charge in [-0.25, -0.2) is 17.6 Å². The van der Waals surface area contributed by atoms with Crippen molar-refractivity contribution in [1.29, 1.82) is 0 Å². The first-order chi connectivity index (χ1) is 17.6. The van der Waals surface area contributed by atoms with Crippen LogP contribution in [0, 0.1) is 12.7 Å². The van der Waals surface area contributed by atoms with Crippen LogP contribution in [-0.4, -0.2) is 38.9 Å². The third-order valence-electron chi connectivity index (χ3n) is 5.25. The molecule has 12 heteroatoms. The summed E-state index contributed by atoms with van der Waals surface area (Å²) < 4.78 is 46.0. The first-order valence-electron chi connectivity index (χ1n) is 11.3. The molecule has 3 rings (SSSR count). The van der Waals surface area contributed by atoms with Gasteiger partial charge in [-0.1, -0.05) is 25.1 Å². The quantitative estimate of drug-likeness (QED) is 0.324. The number of benzene rings is 2. The van der Waals surface area contributed by atoms with E-state index in [1.807, 2.05) is 0 Å². The van der Waals surface area contributed by atoms with E-state index in [1.165, 1.54) is 0 Å². The van der Waals surface area contributed by atoms with Crippen LogP contribution in [-0.2, 0) is 19.6 Å². The van der Waals surface area contributed by atoms with Gasteiger partial charge in [0, 0.05) is 5.69 Å². The monoisotopic (exact) mass is 547 g/mol. The lowest BCUT2D eigenvalue weighted by molar-refractivity contribution is -0.117. The number of para-hydroxylation sites is 1. The highest BCUT2D eigenvalue weighted by Gasteiger charge is 2.30. The Morgan fingerprint density at radius 1 is 1.00 bits per heavy atom. The molecule has 0 aliphatic carbocycles. The molecule has 1 heterocycles. The van der Waals surface area contributed by atoms with Crippen LogP contribution in [0.25, 0.3) is 0 Å². The highest BCUT2D eigenvalue weighted by molar-refractivity contribution is 7.89. The van der Waals surface area contributed by atoms with Gasteiger partial charge in [-0.15, -0.1) is 11.3 Å². The predicted octanol–water partition coefficient (Wildman–Crippen LogP) is 4.32. The maximum atomic E-state index is 13.2. The number of amides is 2. The van der Waals surface area contributed by atoms with E-state index in [0.29, 0.717) is 11.3 Å². The maximum absolute atomic E-state index is 13.2. The van der Waals surface area contributed by atoms with E-state index in [9.17, 15) is 27.2 Å². The fourth-order valence-electron chi connectivity index (χ4n) is 3.37. The summed E-state index contributed by atoms with van der Waals surface area (Å²) in [6.45, 7) is 4.86. The molecule has 196 valence electrons. The van der Waals surface area contributed by atoms with Gasteiger partial charge >= 0.3 is 5.97 Å². The second-order valence-electron chi connectivity index (χ2n) is 7.83. The number of carbonyl (C=O) groups excluding carboxylic acids is 3. The lowest BCUT2D eigenvalue weighted by atomic mass is 10.1. The number of hydrogen-bond acceptors (Lipinski definition) is 7. The molecule has 0 bridgehead atoms. The molecule has 1 unspecified atom stereocenters. The second kappa shape index (κ2) is 12.1. The summed E-state index contributed by atoms with van der Waals surface area (Å²) in [5, 5.41) is 5.37. The molecule has 3 aromatic rings. The number of nitrogens with one attached hydrogen (secondary N) is 3. The summed E-state index contributed by atoms with van der Waals surface area (Å²) in [6, 6.07) is 11.7. The molecule has 0 saturated heterocycles. The van der Waals surface area contributed by atoms with Crippen molar-refractivity contribution in [2.24, 2.45) is 0 Å². The van der Waals surface area contributed by atoms with Gasteiger partial charge in [0.2, 0.25) is 15.9 Å². The van der Waals surface area contributed by atoms with Crippen LogP contribution in [0.5, 0.6) is 0 Å². The van der Waals surface area contributed by atoms with Crippen LogP contribution in [0.2, 0.25) is 0 Å². The number of hydrogen-bond donors (Lipinski definition) is 3. The van der Waals surface area contributed by atoms with Crippen molar-refractivity contribution in [1.82, 2.24) is 4.72 Å². The average molecular weight is 548 g/mol. The zero-order chi connectivity index (χ0) is 27.2. The molecule has 2 aromatic carbocycles. The van der Waals surface area contributed by atoms with Gasteiger partial charge in [-0.05, 0) is 62.2 Å². The van der Waals surface area contributed by atoms with Crippen LogP contribution in [0.3, 0.4) is 0 Å². The zero-order valence-corrected chi connectivity index (χ0v) is 22.0. The molecule has 3 N–H and O–H groups in total. The summed E-state index contributed by atoms with van der Waals surface area (Å²) in [4.78, 5) is 38.7. The van der Waals surface area contributed by atoms with Gasteiger partial charge in [-0.2, -0.15) is 4.72 Å². The van der Waals surface area contributed by atoms with Crippen LogP contribution in [0.1, 0.15) is 45.9 Å². The summed E-state index contributed by atoms with van der Waals surface area (Å²) in [5.41, 5.74) is 0.867. The lowest BCUT2D eigenvalue weighted by Crippen LogP contribution is -2.43. The Morgan fingerprint density at radius 2 is 1.65 bits per heavy atom. The smallest absolute Gasteiger partial charge is 0.341 e. The average Bonchev–Trinajstić information content (AvgIpc) is 3.19. The van der Waals surface area contributed by atoms with Crippen molar-refractivity contribution in [3.8, 4) is 0 Å². The zero-order valence-electron chi connectivity index (χ0n) is 20.3. The molecule has 37 heavy (non-hydrogen) atoms. The van der Waals surface area contributed by atoms with E-state index >= 15 is 0 Å². The van der Waals surface area contributed by atoms with Gasteiger partial charge in [0.1, 0.15) is 16.9 Å². The van der Waals surface area contributed by atoms with Crippen LogP contribution in [0.15, 0.2) is 59.5 Å². The predicted molar refractivity (Wildman–Crippen MR) is 139 cm³/mol. The molecule has 0 aliphatic rings. The van der Waals surface area contributed by atoms with Crippen molar-refractivity contribution in [2.75, 3.05) is 17.2 Å². The van der Waals surface area contributed by atoms with E-state index < -0.39 is 39.7 Å². The van der Waals surface area contributed by atoms with Crippen molar-refractivity contribution in [3.63, 3.8) is 0 Å². The Labute approximate surface area is 218 Å². The second-order valence-corrected chi connectivity index (χ2v) is 10.6. The van der Waals surface area contributed by atoms with Gasteiger partial charge in [0.05, 0.1) is 21.9 Å². The molecule has 0 spiro atoms. The lowest BCUT2D eigenvalue weighted by Gasteiger charge is -2.17. The van der Waals surface area contributed by atoms with E-state index in [4.69, 9.17) is 4.74 Å². The number of sulfonamides is 1. The highest BCUT2D eigenvalue weighted by atomic mass is 32.2. The highest BCUT2D eigenvalue weighted by Crippen LogP contribution is 2.34. The maximum Gasteiger partial charge on any atom is 0.341 e. The fourth-order valence-corrected chi connectivity index (χ4v) is 5.74. The van der Waals surface area contributed by atoms with Crippen molar-refractivity contribution in [3.05, 3.63) is 76.4 Å². The Morgan fingerprint density at radius 3 is 2.24 bits per heavy atom. The molecular weight excluding hydrogens is 521 g/mol. The van der Waals surface area contributed by atoms with Crippen LogP contribution < -0.4 is 15.4 Å². The normalized spacial score (nSPS) is 12.0. The minimum atomic E-state index is -4.14. The Kier molecular flexibility index (Phi) is 9.14. The van der Waals surface area contributed by atoms with Crippen LogP contribution in [0.4, 0.5) is 15.1 Å². The summed E-state index contributed by atoms with van der Waals surface area (Å²) in [7, 11) is -4.14. The minimum Gasteiger partial charge on any atom is -0.462 e. The number of halogens is 1. The van der Waals surface area contributed by atoms with Crippen LogP contribution >= 0.6 is 11.3 Å². The first kappa shape index (κ1) is 28.0. The Bertz CT molecular complexity index is 1390. The molecule has 1 aromatic heterocycles. The number of thiophene rings is 1. The third kappa shape index (κ3) is 6.79. The van der Waals surface area contributed by atoms with E-state index in [1.54, 1.807) is 51.1 Å². The topological polar surface area (TPSA) is 131 Å². The number of ether oxygens (including phenoxy) is 1. The van der Waals surface area contributed by atoms with Gasteiger partial charge in [-0.3, -0.25) is 9.59 Å². The molecule has 0 fully saturated rings. The molecule has 2 amide bonds. The summed E-state index contributed by atoms with van der Waals surface area (Å²) in [5.74, 6) is -2.56. The standard InChI is InChI=1S/C25H26FN3O6S2/c1-4-19(29-37(33,34)18-13-11-16(26)12-14-18)22(30)28-24-20(25(32)35-5-2)15(3)21(36-24)23(31)27-17-9-7-6-8-10-17/h6-14,19,29H,4-5H2,1-3H3,(H,27,31)(H,28,30). The van der Waals surface area contributed by atoms with Gasteiger partial charge in [0.25, 0.3) is 5.91 Å². The van der Waals surface area contributed by atoms with E-state index in [0.717, 1.165) is 35.6 Å². The summed E-state index contributed by atoms with van der Waals surface area (Å²) in [6.07, 6.45) is 0.0761. The van der Waals surface area contributed by atoms with E-state index in [2.05, 4.69) is 15.4 Å². The fraction of sp³-hybridized carbons (Fsp3) is 0.240. The molecule has 0 aliphatic heterocycles. The Hall–Kier alpha value is -3.61. The molecule has 0 saturated carbocycles. The SMILES string of the molecule is CCOC(=O)c1c(NC(=O)C(CC)NS(=O)(=O)c2ccc(F)cc2)sc(C(=O)Nc2ccccc2)c1C. The van der Waals surface area contributed by atoms with Crippen molar-refractivity contribution in [2.45, 2.75) is 38.1 Å². The Balaban J connectivity index is 1.88.